The summed E-state index contributed by atoms with van der Waals surface area (Å²) in [5, 5.41) is 15.2. The van der Waals surface area contributed by atoms with Crippen LogP contribution in [-0.2, 0) is 0 Å². The summed E-state index contributed by atoms with van der Waals surface area (Å²) in [6, 6.07) is 5.15. The molecular weight excluding hydrogens is 294 g/mol. The molecule has 2 amide bonds. The fourth-order valence-electron chi connectivity index (χ4n) is 2.94. The number of nitrogens with one attached hydrogen (secondary N) is 2. The van der Waals surface area contributed by atoms with Crippen molar-refractivity contribution in [1.82, 2.24) is 10.3 Å². The second kappa shape index (κ2) is 5.23. The number of hydrogen-bond acceptors (Lipinski definition) is 4. The van der Waals surface area contributed by atoms with Gasteiger partial charge in [0.2, 0.25) is 0 Å². The van der Waals surface area contributed by atoms with Gasteiger partial charge >= 0.3 is 6.03 Å². The molecule has 1 aromatic carbocycles. The van der Waals surface area contributed by atoms with Gasteiger partial charge in [-0.25, -0.2) is 9.78 Å². The van der Waals surface area contributed by atoms with Crippen molar-refractivity contribution in [2.45, 2.75) is 44.1 Å². The molecule has 2 aliphatic rings. The molecule has 0 bridgehead atoms. The van der Waals surface area contributed by atoms with Crippen LogP contribution < -0.4 is 10.6 Å². The summed E-state index contributed by atoms with van der Waals surface area (Å²) in [6.07, 6.45) is 4.37. The van der Waals surface area contributed by atoms with Gasteiger partial charge in [-0.05, 0) is 50.7 Å². The number of hydrogen-bond donors (Lipinski definition) is 3. The van der Waals surface area contributed by atoms with E-state index in [1.807, 2.05) is 19.1 Å². The van der Waals surface area contributed by atoms with Gasteiger partial charge < -0.3 is 20.2 Å². The first kappa shape index (κ1) is 14.5. The van der Waals surface area contributed by atoms with Crippen LogP contribution in [0.4, 0.5) is 10.5 Å². The summed E-state index contributed by atoms with van der Waals surface area (Å²) in [6.45, 7) is 1.82. The summed E-state index contributed by atoms with van der Waals surface area (Å²) in [5.74, 6) is 1.62. The Kier molecular flexibility index (Phi) is 3.30. The molecule has 1 atom stereocenters. The molecule has 0 aliphatic heterocycles. The maximum absolute atomic E-state index is 12.2. The van der Waals surface area contributed by atoms with Gasteiger partial charge in [-0.2, -0.15) is 0 Å². The van der Waals surface area contributed by atoms with Gasteiger partial charge in [0.15, 0.2) is 11.5 Å². The first-order chi connectivity index (χ1) is 11.1. The van der Waals surface area contributed by atoms with Crippen LogP contribution >= 0.6 is 0 Å². The van der Waals surface area contributed by atoms with Crippen molar-refractivity contribution in [1.29, 1.82) is 0 Å². The van der Waals surface area contributed by atoms with E-state index in [1.54, 1.807) is 6.07 Å². The van der Waals surface area contributed by atoms with Crippen molar-refractivity contribution in [3.05, 3.63) is 24.1 Å². The Morgan fingerprint density at radius 2 is 2.17 bits per heavy atom. The predicted octanol–water partition coefficient (Wildman–Crippen LogP) is 2.99. The van der Waals surface area contributed by atoms with E-state index in [2.05, 4.69) is 15.6 Å². The monoisotopic (exact) mass is 315 g/mol. The summed E-state index contributed by atoms with van der Waals surface area (Å²) < 4.78 is 5.76. The van der Waals surface area contributed by atoms with E-state index in [0.29, 0.717) is 23.1 Å². The van der Waals surface area contributed by atoms with Crippen LogP contribution in [0.1, 0.15) is 44.4 Å². The number of aliphatic hydroxyl groups is 1. The average molecular weight is 315 g/mol. The molecule has 2 aliphatic carbocycles. The Bertz CT molecular complexity index is 749. The lowest BCUT2D eigenvalue weighted by atomic mass is 9.97. The first-order valence-corrected chi connectivity index (χ1v) is 8.18. The molecule has 1 heterocycles. The van der Waals surface area contributed by atoms with E-state index in [1.165, 1.54) is 0 Å². The molecule has 4 rings (SSSR count). The molecule has 0 saturated heterocycles. The number of nitrogens with zero attached hydrogens (tertiary/aromatic N) is 1. The number of carbonyl (C=O) groups is 1. The topological polar surface area (TPSA) is 87.4 Å². The molecule has 2 aromatic rings. The molecule has 0 radical (unpaired) electrons. The lowest BCUT2D eigenvalue weighted by Crippen LogP contribution is -2.52. The zero-order valence-corrected chi connectivity index (χ0v) is 13.1. The third-order valence-electron chi connectivity index (χ3n) is 4.80. The second-order valence-electron chi connectivity index (χ2n) is 6.94. The number of amides is 2. The van der Waals surface area contributed by atoms with Crippen LogP contribution in [-0.4, -0.2) is 28.3 Å². The lowest BCUT2D eigenvalue weighted by molar-refractivity contribution is 0.159. The molecule has 2 saturated carbocycles. The van der Waals surface area contributed by atoms with Crippen molar-refractivity contribution in [2.24, 2.45) is 5.92 Å². The fraction of sp³-hybridized carbons (Fsp3) is 0.529. The van der Waals surface area contributed by atoms with E-state index in [4.69, 9.17) is 4.42 Å². The Balaban J connectivity index is 1.47. The number of fused-ring (bicyclic) bond motifs is 1. The van der Waals surface area contributed by atoms with Crippen molar-refractivity contribution >= 4 is 22.8 Å². The van der Waals surface area contributed by atoms with Crippen LogP contribution in [0.3, 0.4) is 0 Å². The number of carbonyl (C=O) groups excluding carboxylic acids is 1. The van der Waals surface area contributed by atoms with Gasteiger partial charge in [-0.15, -0.1) is 0 Å². The number of urea groups is 1. The number of benzene rings is 1. The summed E-state index contributed by atoms with van der Waals surface area (Å²) in [4.78, 5) is 16.7. The minimum absolute atomic E-state index is 0.0586. The van der Waals surface area contributed by atoms with Gasteiger partial charge in [-0.1, -0.05) is 0 Å². The molecule has 122 valence electrons. The molecule has 3 N–H and O–H groups in total. The molecule has 2 fully saturated rings. The third-order valence-corrected chi connectivity index (χ3v) is 4.80. The highest BCUT2D eigenvalue weighted by atomic mass is 16.3. The van der Waals surface area contributed by atoms with E-state index in [9.17, 15) is 9.90 Å². The maximum atomic E-state index is 12.2. The summed E-state index contributed by atoms with van der Waals surface area (Å²) in [5.41, 5.74) is 1.61. The van der Waals surface area contributed by atoms with Crippen molar-refractivity contribution in [2.75, 3.05) is 11.9 Å². The van der Waals surface area contributed by atoms with E-state index in [0.717, 1.165) is 37.1 Å². The minimum Gasteiger partial charge on any atom is -0.440 e. The predicted molar refractivity (Wildman–Crippen MR) is 86.4 cm³/mol. The van der Waals surface area contributed by atoms with Crippen LogP contribution in [0.2, 0.25) is 0 Å². The minimum atomic E-state index is -0.556. The number of rotatable bonds is 5. The quantitative estimate of drug-likeness (QED) is 0.791. The van der Waals surface area contributed by atoms with Crippen LogP contribution in [0.15, 0.2) is 22.6 Å². The van der Waals surface area contributed by atoms with E-state index >= 15 is 0 Å². The van der Waals surface area contributed by atoms with Crippen LogP contribution in [0.25, 0.3) is 11.1 Å². The Labute approximate surface area is 134 Å². The number of aliphatic hydroxyl groups excluding tert-OH is 1. The fourth-order valence-corrected chi connectivity index (χ4v) is 2.94. The number of oxazole rings is 1. The van der Waals surface area contributed by atoms with Gasteiger partial charge in [0.25, 0.3) is 0 Å². The van der Waals surface area contributed by atoms with Crippen LogP contribution in [0.5, 0.6) is 0 Å². The Morgan fingerprint density at radius 1 is 1.39 bits per heavy atom. The molecule has 6 heteroatoms. The van der Waals surface area contributed by atoms with Crippen molar-refractivity contribution < 1.29 is 14.3 Å². The average Bonchev–Trinajstić information content (AvgIpc) is 3.42. The highest BCUT2D eigenvalue weighted by molar-refractivity contribution is 5.92. The van der Waals surface area contributed by atoms with Gasteiger partial charge in [0, 0.05) is 17.7 Å². The Hall–Kier alpha value is -2.08. The highest BCUT2D eigenvalue weighted by Crippen LogP contribution is 2.41. The standard InChI is InChI=1S/C17H21N3O3/c1-17(9-21,11-4-5-11)20-16(22)18-12-6-7-13-14(8-12)23-15(19-13)10-2-3-10/h6-8,10-11,21H,2-5,9H2,1H3,(H2,18,20,22). The van der Waals surface area contributed by atoms with Crippen molar-refractivity contribution in [3.63, 3.8) is 0 Å². The van der Waals surface area contributed by atoms with Gasteiger partial charge in [0.1, 0.15) is 5.52 Å². The smallest absolute Gasteiger partial charge is 0.319 e. The maximum Gasteiger partial charge on any atom is 0.319 e. The Morgan fingerprint density at radius 3 is 2.83 bits per heavy atom. The van der Waals surface area contributed by atoms with Crippen molar-refractivity contribution in [3.8, 4) is 0 Å². The molecule has 1 unspecified atom stereocenters. The zero-order valence-electron chi connectivity index (χ0n) is 13.1. The van der Waals surface area contributed by atoms with Gasteiger partial charge in [-0.3, -0.25) is 0 Å². The molecule has 6 nitrogen and oxygen atoms in total. The molecule has 0 spiro atoms. The first-order valence-electron chi connectivity index (χ1n) is 8.18. The summed E-state index contributed by atoms with van der Waals surface area (Å²) in [7, 11) is 0. The third kappa shape index (κ3) is 2.91. The lowest BCUT2D eigenvalue weighted by Gasteiger charge is -2.28. The SMILES string of the molecule is CC(CO)(NC(=O)Nc1ccc2nc(C3CC3)oc2c1)C1CC1. The largest absolute Gasteiger partial charge is 0.440 e. The van der Waals surface area contributed by atoms with Gasteiger partial charge in [0.05, 0.1) is 12.1 Å². The number of aromatic nitrogens is 1. The normalized spacial score (nSPS) is 20.3. The van der Waals surface area contributed by atoms with E-state index in [-0.39, 0.29) is 12.6 Å². The molecular formula is C17H21N3O3. The highest BCUT2D eigenvalue weighted by Gasteiger charge is 2.42. The molecule has 23 heavy (non-hydrogen) atoms. The second-order valence-corrected chi connectivity index (χ2v) is 6.94. The molecule has 1 aromatic heterocycles. The van der Waals surface area contributed by atoms with Crippen LogP contribution in [0, 0.1) is 5.92 Å². The zero-order chi connectivity index (χ0) is 16.0. The van der Waals surface area contributed by atoms with E-state index < -0.39 is 5.54 Å². The summed E-state index contributed by atoms with van der Waals surface area (Å²) >= 11 is 0. The number of anilines is 1.